The zero-order valence-corrected chi connectivity index (χ0v) is 14.4. The number of carbonyl (C=O) groups is 1. The molecule has 0 aliphatic carbocycles. The molecule has 1 amide bonds. The second kappa shape index (κ2) is 7.45. The van der Waals surface area contributed by atoms with Crippen molar-refractivity contribution in [1.29, 1.82) is 5.26 Å². The minimum Gasteiger partial charge on any atom is -0.497 e. The number of para-hydroxylation sites is 1. The van der Waals surface area contributed by atoms with Gasteiger partial charge in [0.15, 0.2) is 0 Å². The Labute approximate surface area is 150 Å². The summed E-state index contributed by atoms with van der Waals surface area (Å²) in [6.45, 7) is 0. The van der Waals surface area contributed by atoms with Gasteiger partial charge in [0.1, 0.15) is 23.1 Å². The number of nitriles is 1. The summed E-state index contributed by atoms with van der Waals surface area (Å²) in [5, 5.41) is 13.1. The second-order valence-corrected chi connectivity index (χ2v) is 5.48. The summed E-state index contributed by atoms with van der Waals surface area (Å²) in [5.74, 6) is 0.540. The molecule has 0 saturated heterocycles. The van der Waals surface area contributed by atoms with Gasteiger partial charge in [0.05, 0.1) is 19.9 Å². The third kappa shape index (κ3) is 3.37. The smallest absolute Gasteiger partial charge is 0.266 e. The van der Waals surface area contributed by atoms with E-state index in [1.165, 1.54) is 7.11 Å². The van der Waals surface area contributed by atoms with Gasteiger partial charge in [0.25, 0.3) is 5.91 Å². The van der Waals surface area contributed by atoms with Crippen LogP contribution in [0.1, 0.15) is 5.56 Å². The molecule has 0 atom stereocenters. The van der Waals surface area contributed by atoms with Crippen LogP contribution in [0, 0.1) is 11.3 Å². The predicted octanol–water partition coefficient (Wildman–Crippen LogP) is 3.73. The molecular formula is C20H17N3O3. The highest BCUT2D eigenvalue weighted by atomic mass is 16.5. The fourth-order valence-corrected chi connectivity index (χ4v) is 2.61. The molecule has 3 rings (SSSR count). The predicted molar refractivity (Wildman–Crippen MR) is 100 cm³/mol. The number of carbonyl (C=O) groups excluding carboxylic acids is 1. The fraction of sp³-hybridized carbons (Fsp3) is 0.100. The van der Waals surface area contributed by atoms with E-state index in [2.05, 4.69) is 10.3 Å². The first kappa shape index (κ1) is 17.1. The van der Waals surface area contributed by atoms with Crippen LogP contribution in [-0.4, -0.2) is 25.1 Å². The van der Waals surface area contributed by atoms with E-state index in [0.29, 0.717) is 17.2 Å². The number of aromatic nitrogens is 1. The maximum absolute atomic E-state index is 12.5. The highest BCUT2D eigenvalue weighted by Gasteiger charge is 2.14. The van der Waals surface area contributed by atoms with E-state index in [1.54, 1.807) is 37.6 Å². The van der Waals surface area contributed by atoms with Crippen molar-refractivity contribution in [3.8, 4) is 17.6 Å². The van der Waals surface area contributed by atoms with Crippen LogP contribution in [0.4, 0.5) is 5.69 Å². The van der Waals surface area contributed by atoms with Crippen molar-refractivity contribution in [2.24, 2.45) is 0 Å². The van der Waals surface area contributed by atoms with E-state index in [9.17, 15) is 10.1 Å². The molecule has 0 unspecified atom stereocenters. The van der Waals surface area contributed by atoms with Gasteiger partial charge in [-0.25, -0.2) is 0 Å². The number of aromatic amines is 1. The van der Waals surface area contributed by atoms with E-state index in [1.807, 2.05) is 30.3 Å². The molecule has 2 aromatic carbocycles. The Kier molecular flexibility index (Phi) is 4.90. The minimum atomic E-state index is -0.513. The van der Waals surface area contributed by atoms with Crippen LogP contribution in [0.15, 0.2) is 54.2 Å². The molecule has 0 radical (unpaired) electrons. The molecule has 0 bridgehead atoms. The van der Waals surface area contributed by atoms with Gasteiger partial charge in [-0.05, 0) is 24.3 Å². The summed E-state index contributed by atoms with van der Waals surface area (Å²) in [6, 6.07) is 14.7. The highest BCUT2D eigenvalue weighted by molar-refractivity contribution is 6.11. The van der Waals surface area contributed by atoms with Gasteiger partial charge in [-0.2, -0.15) is 5.26 Å². The summed E-state index contributed by atoms with van der Waals surface area (Å²) >= 11 is 0. The number of nitrogens with one attached hydrogen (secondary N) is 2. The van der Waals surface area contributed by atoms with Gasteiger partial charge >= 0.3 is 0 Å². The van der Waals surface area contributed by atoms with Crippen LogP contribution in [0.25, 0.3) is 17.0 Å². The van der Waals surface area contributed by atoms with E-state index < -0.39 is 5.91 Å². The van der Waals surface area contributed by atoms with Crippen LogP contribution < -0.4 is 14.8 Å². The number of H-pyrrole nitrogens is 1. The quantitative estimate of drug-likeness (QED) is 0.544. The molecule has 0 aliphatic heterocycles. The molecule has 0 saturated carbocycles. The lowest BCUT2D eigenvalue weighted by molar-refractivity contribution is -0.112. The Hall–Kier alpha value is -3.72. The number of hydrogen-bond donors (Lipinski definition) is 2. The average molecular weight is 347 g/mol. The summed E-state index contributed by atoms with van der Waals surface area (Å²) in [5.41, 5.74) is 2.16. The molecule has 0 spiro atoms. The molecule has 130 valence electrons. The zero-order chi connectivity index (χ0) is 18.5. The molecule has 1 aromatic heterocycles. The topological polar surface area (TPSA) is 87.1 Å². The SMILES string of the molecule is COc1ccc(NC(=O)/C(C#N)=C/c2c[nH]c3ccccc23)c(OC)c1. The first-order valence-corrected chi connectivity index (χ1v) is 7.87. The van der Waals surface area contributed by atoms with Crippen LogP contribution in [-0.2, 0) is 4.79 Å². The Morgan fingerprint density at radius 3 is 2.73 bits per heavy atom. The maximum Gasteiger partial charge on any atom is 0.266 e. The molecule has 1 heterocycles. The van der Waals surface area contributed by atoms with Crippen molar-refractivity contribution in [3.63, 3.8) is 0 Å². The Balaban J connectivity index is 1.89. The van der Waals surface area contributed by atoms with Gasteiger partial charge in [-0.1, -0.05) is 18.2 Å². The van der Waals surface area contributed by atoms with Crippen molar-refractivity contribution >= 4 is 28.6 Å². The van der Waals surface area contributed by atoms with E-state index in [-0.39, 0.29) is 5.57 Å². The van der Waals surface area contributed by atoms with E-state index >= 15 is 0 Å². The fourth-order valence-electron chi connectivity index (χ4n) is 2.61. The molecule has 0 fully saturated rings. The third-order valence-corrected chi connectivity index (χ3v) is 3.94. The number of amides is 1. The van der Waals surface area contributed by atoms with Gasteiger partial charge in [-0.15, -0.1) is 0 Å². The number of methoxy groups -OCH3 is 2. The van der Waals surface area contributed by atoms with Gasteiger partial charge in [0.2, 0.25) is 0 Å². The molecule has 6 heteroatoms. The van der Waals surface area contributed by atoms with E-state index in [4.69, 9.17) is 9.47 Å². The van der Waals surface area contributed by atoms with Gasteiger partial charge in [-0.3, -0.25) is 4.79 Å². The van der Waals surface area contributed by atoms with Crippen molar-refractivity contribution in [1.82, 2.24) is 4.98 Å². The molecule has 26 heavy (non-hydrogen) atoms. The Morgan fingerprint density at radius 2 is 2.00 bits per heavy atom. The lowest BCUT2D eigenvalue weighted by Gasteiger charge is -2.11. The Morgan fingerprint density at radius 1 is 1.19 bits per heavy atom. The summed E-state index contributed by atoms with van der Waals surface area (Å²) < 4.78 is 10.4. The third-order valence-electron chi connectivity index (χ3n) is 3.94. The molecule has 2 N–H and O–H groups in total. The number of fused-ring (bicyclic) bond motifs is 1. The van der Waals surface area contributed by atoms with Crippen molar-refractivity contribution in [2.45, 2.75) is 0 Å². The highest BCUT2D eigenvalue weighted by Crippen LogP contribution is 2.29. The average Bonchev–Trinajstić information content (AvgIpc) is 3.09. The Bertz CT molecular complexity index is 1030. The molecular weight excluding hydrogens is 330 g/mol. The van der Waals surface area contributed by atoms with E-state index in [0.717, 1.165) is 16.5 Å². The first-order chi connectivity index (χ1) is 12.7. The molecule has 3 aromatic rings. The molecule has 0 aliphatic rings. The number of nitrogens with zero attached hydrogens (tertiary/aromatic N) is 1. The lowest BCUT2D eigenvalue weighted by Crippen LogP contribution is -2.14. The summed E-state index contributed by atoms with van der Waals surface area (Å²) in [4.78, 5) is 15.6. The summed E-state index contributed by atoms with van der Waals surface area (Å²) in [6.07, 6.45) is 3.33. The van der Waals surface area contributed by atoms with Crippen LogP contribution >= 0.6 is 0 Å². The van der Waals surface area contributed by atoms with Crippen LogP contribution in [0.3, 0.4) is 0 Å². The number of rotatable bonds is 5. The van der Waals surface area contributed by atoms with Crippen molar-refractivity contribution < 1.29 is 14.3 Å². The van der Waals surface area contributed by atoms with Crippen molar-refractivity contribution in [2.75, 3.05) is 19.5 Å². The first-order valence-electron chi connectivity index (χ1n) is 7.87. The lowest BCUT2D eigenvalue weighted by atomic mass is 10.1. The van der Waals surface area contributed by atoms with Gasteiger partial charge in [0, 0.05) is 28.7 Å². The van der Waals surface area contributed by atoms with Crippen molar-refractivity contribution in [3.05, 3.63) is 59.8 Å². The maximum atomic E-state index is 12.5. The monoisotopic (exact) mass is 347 g/mol. The summed E-state index contributed by atoms with van der Waals surface area (Å²) in [7, 11) is 3.04. The number of benzene rings is 2. The standard InChI is InChI=1S/C20H17N3O3/c1-25-15-7-8-18(19(10-15)26-2)23-20(24)13(11-21)9-14-12-22-17-6-4-3-5-16(14)17/h3-10,12,22H,1-2H3,(H,23,24)/b13-9+. The number of ether oxygens (including phenoxy) is 2. The zero-order valence-electron chi connectivity index (χ0n) is 14.4. The second-order valence-electron chi connectivity index (χ2n) is 5.48. The van der Waals surface area contributed by atoms with Crippen LogP contribution in [0.2, 0.25) is 0 Å². The van der Waals surface area contributed by atoms with Gasteiger partial charge < -0.3 is 19.8 Å². The normalized spacial score (nSPS) is 11.0. The van der Waals surface area contributed by atoms with Crippen LogP contribution in [0.5, 0.6) is 11.5 Å². The number of hydrogen-bond acceptors (Lipinski definition) is 4. The molecule has 6 nitrogen and oxygen atoms in total. The minimum absolute atomic E-state index is 0.00683. The largest absolute Gasteiger partial charge is 0.497 e. The number of anilines is 1.